The van der Waals surface area contributed by atoms with Crippen LogP contribution in [0.15, 0.2) is 41.5 Å². The van der Waals surface area contributed by atoms with Crippen molar-refractivity contribution in [1.29, 1.82) is 0 Å². The van der Waals surface area contributed by atoms with Crippen LogP contribution in [0.25, 0.3) is 0 Å². The molecule has 0 bridgehead atoms. The third-order valence-electron chi connectivity index (χ3n) is 4.95. The van der Waals surface area contributed by atoms with E-state index in [0.29, 0.717) is 6.54 Å². The zero-order chi connectivity index (χ0) is 19.1. The molecule has 0 atom stereocenters. The Morgan fingerprint density at radius 3 is 2.59 bits per heavy atom. The second kappa shape index (κ2) is 9.40. The van der Waals surface area contributed by atoms with Crippen LogP contribution >= 0.6 is 0 Å². The van der Waals surface area contributed by atoms with Crippen molar-refractivity contribution in [2.45, 2.75) is 46.7 Å². The van der Waals surface area contributed by atoms with E-state index in [4.69, 9.17) is 4.99 Å². The standard InChI is InChI=1S/C22H31N5/c1-4-23-22(26-16-20-9-7-17(2)13-18(20)3)25-15-19-8-10-21(24-14-19)27-11-5-6-12-27/h7-10,13-14H,4-6,11-12,15-16H2,1-3H3,(H2,23,25,26). The number of anilines is 1. The van der Waals surface area contributed by atoms with Crippen molar-refractivity contribution >= 4 is 11.8 Å². The zero-order valence-electron chi connectivity index (χ0n) is 16.8. The maximum Gasteiger partial charge on any atom is 0.191 e. The third kappa shape index (κ3) is 5.46. The Balaban J connectivity index is 1.59. The first-order valence-corrected chi connectivity index (χ1v) is 9.94. The number of nitrogens with zero attached hydrogens (tertiary/aromatic N) is 3. The molecule has 27 heavy (non-hydrogen) atoms. The lowest BCUT2D eigenvalue weighted by Crippen LogP contribution is -2.36. The van der Waals surface area contributed by atoms with Crippen LogP contribution in [0.2, 0.25) is 0 Å². The Hall–Kier alpha value is -2.56. The Morgan fingerprint density at radius 2 is 1.93 bits per heavy atom. The number of aromatic nitrogens is 1. The van der Waals surface area contributed by atoms with Gasteiger partial charge in [0.15, 0.2) is 5.96 Å². The first kappa shape index (κ1) is 19.2. The van der Waals surface area contributed by atoms with E-state index >= 15 is 0 Å². The van der Waals surface area contributed by atoms with Crippen molar-refractivity contribution in [2.75, 3.05) is 24.5 Å². The highest BCUT2D eigenvalue weighted by Gasteiger charge is 2.12. The molecule has 5 heteroatoms. The number of aryl methyl sites for hydroxylation is 2. The van der Waals surface area contributed by atoms with Crippen LogP contribution in [0.5, 0.6) is 0 Å². The van der Waals surface area contributed by atoms with E-state index in [0.717, 1.165) is 43.5 Å². The monoisotopic (exact) mass is 365 g/mol. The van der Waals surface area contributed by atoms with Crippen LogP contribution in [0.1, 0.15) is 42.0 Å². The summed E-state index contributed by atoms with van der Waals surface area (Å²) in [5, 5.41) is 6.75. The Labute approximate surface area is 162 Å². The molecule has 1 aliphatic rings. The van der Waals surface area contributed by atoms with Gasteiger partial charge in [0.25, 0.3) is 0 Å². The molecule has 0 saturated carbocycles. The quantitative estimate of drug-likeness (QED) is 0.607. The average Bonchev–Trinajstić information content (AvgIpc) is 3.20. The number of benzene rings is 1. The third-order valence-corrected chi connectivity index (χ3v) is 4.95. The van der Waals surface area contributed by atoms with E-state index in [-0.39, 0.29) is 0 Å². The summed E-state index contributed by atoms with van der Waals surface area (Å²) < 4.78 is 0. The smallest absolute Gasteiger partial charge is 0.191 e. The van der Waals surface area contributed by atoms with Gasteiger partial charge in [0.1, 0.15) is 5.82 Å². The van der Waals surface area contributed by atoms with E-state index in [1.165, 1.54) is 29.5 Å². The Bertz CT molecular complexity index is 761. The maximum absolute atomic E-state index is 4.71. The predicted octanol–water partition coefficient (Wildman–Crippen LogP) is 3.55. The van der Waals surface area contributed by atoms with E-state index < -0.39 is 0 Å². The first-order chi connectivity index (χ1) is 13.2. The summed E-state index contributed by atoms with van der Waals surface area (Å²) in [7, 11) is 0. The van der Waals surface area contributed by atoms with Gasteiger partial charge in [-0.05, 0) is 56.4 Å². The van der Waals surface area contributed by atoms with Gasteiger partial charge in [-0.1, -0.05) is 29.8 Å². The molecule has 0 unspecified atom stereocenters. The molecule has 2 N–H and O–H groups in total. The molecule has 2 aromatic rings. The van der Waals surface area contributed by atoms with Crippen molar-refractivity contribution in [3.63, 3.8) is 0 Å². The van der Waals surface area contributed by atoms with Gasteiger partial charge in [-0.15, -0.1) is 0 Å². The largest absolute Gasteiger partial charge is 0.357 e. The van der Waals surface area contributed by atoms with Crippen molar-refractivity contribution in [1.82, 2.24) is 15.6 Å². The van der Waals surface area contributed by atoms with Crippen LogP contribution < -0.4 is 15.5 Å². The highest BCUT2D eigenvalue weighted by Crippen LogP contribution is 2.17. The maximum atomic E-state index is 4.71. The molecule has 1 fully saturated rings. The summed E-state index contributed by atoms with van der Waals surface area (Å²) >= 11 is 0. The molecule has 0 radical (unpaired) electrons. The van der Waals surface area contributed by atoms with Gasteiger partial charge in [0, 0.05) is 32.4 Å². The van der Waals surface area contributed by atoms with Gasteiger partial charge >= 0.3 is 0 Å². The molecule has 0 amide bonds. The summed E-state index contributed by atoms with van der Waals surface area (Å²) in [5.41, 5.74) is 5.02. The zero-order valence-corrected chi connectivity index (χ0v) is 16.8. The number of nitrogens with one attached hydrogen (secondary N) is 2. The number of pyridine rings is 1. The van der Waals surface area contributed by atoms with E-state index in [9.17, 15) is 0 Å². The van der Waals surface area contributed by atoms with Crippen molar-refractivity contribution in [3.05, 3.63) is 58.8 Å². The van der Waals surface area contributed by atoms with Crippen LogP contribution in [-0.2, 0) is 13.1 Å². The van der Waals surface area contributed by atoms with E-state index in [1.807, 2.05) is 6.20 Å². The molecular weight excluding hydrogens is 334 g/mol. The summed E-state index contributed by atoms with van der Waals surface area (Å²) in [4.78, 5) is 11.7. The Kier molecular flexibility index (Phi) is 6.69. The fourth-order valence-corrected chi connectivity index (χ4v) is 3.38. The van der Waals surface area contributed by atoms with Gasteiger partial charge in [-0.3, -0.25) is 0 Å². The lowest BCUT2D eigenvalue weighted by Gasteiger charge is -2.16. The predicted molar refractivity (Wildman–Crippen MR) is 113 cm³/mol. The molecule has 3 rings (SSSR count). The number of guanidine groups is 1. The minimum atomic E-state index is 0.621. The van der Waals surface area contributed by atoms with Crippen molar-refractivity contribution < 1.29 is 0 Å². The van der Waals surface area contributed by atoms with Crippen LogP contribution in [0, 0.1) is 13.8 Å². The SMILES string of the molecule is CCNC(=NCc1ccc(N2CCCC2)nc1)NCc1ccc(C)cc1C. The van der Waals surface area contributed by atoms with Crippen molar-refractivity contribution in [2.24, 2.45) is 4.99 Å². The lowest BCUT2D eigenvalue weighted by molar-refractivity contribution is 0.811. The average molecular weight is 366 g/mol. The van der Waals surface area contributed by atoms with Crippen LogP contribution in [-0.4, -0.2) is 30.6 Å². The van der Waals surface area contributed by atoms with Gasteiger partial charge in [-0.25, -0.2) is 9.98 Å². The van der Waals surface area contributed by atoms with Crippen LogP contribution in [0.4, 0.5) is 5.82 Å². The normalized spacial score (nSPS) is 14.5. The van der Waals surface area contributed by atoms with E-state index in [1.54, 1.807) is 0 Å². The fourth-order valence-electron chi connectivity index (χ4n) is 3.38. The van der Waals surface area contributed by atoms with Gasteiger partial charge in [0.05, 0.1) is 6.54 Å². The minimum Gasteiger partial charge on any atom is -0.357 e. The molecule has 144 valence electrons. The molecule has 2 heterocycles. The minimum absolute atomic E-state index is 0.621. The lowest BCUT2D eigenvalue weighted by atomic mass is 10.1. The second-order valence-corrected chi connectivity index (χ2v) is 7.20. The number of aliphatic imine (C=N–C) groups is 1. The second-order valence-electron chi connectivity index (χ2n) is 7.20. The highest BCUT2D eigenvalue weighted by atomic mass is 15.2. The summed E-state index contributed by atoms with van der Waals surface area (Å²) in [6.07, 6.45) is 4.49. The molecule has 1 aromatic carbocycles. The molecular formula is C22H31N5. The Morgan fingerprint density at radius 1 is 1.11 bits per heavy atom. The molecule has 0 aliphatic carbocycles. The number of hydrogen-bond donors (Lipinski definition) is 2. The van der Waals surface area contributed by atoms with Crippen LogP contribution in [0.3, 0.4) is 0 Å². The molecule has 1 aliphatic heterocycles. The van der Waals surface area contributed by atoms with Gasteiger partial charge < -0.3 is 15.5 Å². The van der Waals surface area contributed by atoms with E-state index in [2.05, 4.69) is 71.6 Å². The number of rotatable bonds is 6. The highest BCUT2D eigenvalue weighted by molar-refractivity contribution is 5.79. The molecule has 1 aromatic heterocycles. The molecule has 5 nitrogen and oxygen atoms in total. The number of hydrogen-bond acceptors (Lipinski definition) is 3. The summed E-state index contributed by atoms with van der Waals surface area (Å²) in [6.45, 7) is 10.8. The van der Waals surface area contributed by atoms with Crippen molar-refractivity contribution in [3.8, 4) is 0 Å². The molecule has 1 saturated heterocycles. The summed E-state index contributed by atoms with van der Waals surface area (Å²) in [6, 6.07) is 10.8. The topological polar surface area (TPSA) is 52.6 Å². The summed E-state index contributed by atoms with van der Waals surface area (Å²) in [5.74, 6) is 1.92. The van der Waals surface area contributed by atoms with Gasteiger partial charge in [0.2, 0.25) is 0 Å². The van der Waals surface area contributed by atoms with Gasteiger partial charge in [-0.2, -0.15) is 0 Å². The molecule has 0 spiro atoms. The fraction of sp³-hybridized carbons (Fsp3) is 0.455. The first-order valence-electron chi connectivity index (χ1n) is 9.94.